The van der Waals surface area contributed by atoms with Crippen LogP contribution in [0.3, 0.4) is 0 Å². The molecule has 0 aliphatic carbocycles. The molecule has 1 saturated heterocycles. The Morgan fingerprint density at radius 3 is 2.47 bits per heavy atom. The zero-order chi connectivity index (χ0) is 11.8. The van der Waals surface area contributed by atoms with Crippen molar-refractivity contribution in [2.24, 2.45) is 11.3 Å². The first-order valence-electron chi connectivity index (χ1n) is 4.59. The van der Waals surface area contributed by atoms with Gasteiger partial charge in [-0.15, -0.1) is 0 Å². The number of hydrogen-bond donors (Lipinski definition) is 1. The van der Waals surface area contributed by atoms with Crippen LogP contribution in [0.15, 0.2) is 24.0 Å². The number of carbonyl (C=O) groups is 2. The van der Waals surface area contributed by atoms with Gasteiger partial charge in [-0.05, 0) is 6.92 Å². The number of aliphatic carboxylic acids is 1. The van der Waals surface area contributed by atoms with Crippen molar-refractivity contribution in [3.05, 3.63) is 24.0 Å². The van der Waals surface area contributed by atoms with Gasteiger partial charge in [-0.3, -0.25) is 4.79 Å². The van der Waals surface area contributed by atoms with Gasteiger partial charge in [-0.1, -0.05) is 26.5 Å². The van der Waals surface area contributed by atoms with Crippen LogP contribution in [0, 0.1) is 11.3 Å². The number of rotatable bonds is 2. The minimum Gasteiger partial charge on any atom is -0.478 e. The highest BCUT2D eigenvalue weighted by molar-refractivity contribution is 5.88. The second-order valence-electron chi connectivity index (χ2n) is 4.20. The molecule has 0 amide bonds. The SMILES string of the molecule is C=C1OC(=O)C(C=C(C)C(=O)O)C1(C)C. The number of hydrogen-bond acceptors (Lipinski definition) is 3. The molecular formula is C11H14O4. The summed E-state index contributed by atoms with van der Waals surface area (Å²) < 4.78 is 4.90. The number of cyclic esters (lactones) is 1. The molecule has 1 aliphatic rings. The largest absolute Gasteiger partial charge is 0.478 e. The normalized spacial score (nSPS) is 25.3. The van der Waals surface area contributed by atoms with E-state index < -0.39 is 23.3 Å². The van der Waals surface area contributed by atoms with Gasteiger partial charge in [0.05, 0.1) is 5.92 Å². The molecule has 0 aromatic heterocycles. The predicted molar refractivity (Wildman–Crippen MR) is 53.9 cm³/mol. The summed E-state index contributed by atoms with van der Waals surface area (Å²) in [5.74, 6) is -1.66. The standard InChI is InChI=1S/C11H14O4/c1-6(9(12)13)5-8-10(14)15-7(2)11(8,3)4/h5,8H,2H2,1,3-4H3,(H,12,13). The Labute approximate surface area is 88.2 Å². The molecule has 1 fully saturated rings. The zero-order valence-electron chi connectivity index (χ0n) is 9.03. The lowest BCUT2D eigenvalue weighted by molar-refractivity contribution is -0.138. The summed E-state index contributed by atoms with van der Waals surface area (Å²) in [5, 5.41) is 8.72. The van der Waals surface area contributed by atoms with Crippen molar-refractivity contribution < 1.29 is 19.4 Å². The molecular weight excluding hydrogens is 196 g/mol. The quantitative estimate of drug-likeness (QED) is 0.557. The van der Waals surface area contributed by atoms with Crippen molar-refractivity contribution in [1.82, 2.24) is 0 Å². The zero-order valence-corrected chi connectivity index (χ0v) is 9.03. The van der Waals surface area contributed by atoms with Crippen molar-refractivity contribution in [3.8, 4) is 0 Å². The molecule has 1 N–H and O–H groups in total. The van der Waals surface area contributed by atoms with Crippen molar-refractivity contribution in [1.29, 1.82) is 0 Å². The molecule has 1 heterocycles. The highest BCUT2D eigenvalue weighted by atomic mass is 16.5. The average molecular weight is 210 g/mol. The van der Waals surface area contributed by atoms with Gasteiger partial charge in [-0.2, -0.15) is 0 Å². The molecule has 4 heteroatoms. The third kappa shape index (κ3) is 1.93. The van der Waals surface area contributed by atoms with Crippen molar-refractivity contribution in [2.75, 3.05) is 0 Å². The van der Waals surface area contributed by atoms with Crippen molar-refractivity contribution in [2.45, 2.75) is 20.8 Å². The molecule has 4 nitrogen and oxygen atoms in total. The van der Waals surface area contributed by atoms with Gasteiger partial charge in [0.25, 0.3) is 0 Å². The molecule has 0 radical (unpaired) electrons. The van der Waals surface area contributed by atoms with Crippen molar-refractivity contribution in [3.63, 3.8) is 0 Å². The van der Waals surface area contributed by atoms with Gasteiger partial charge in [0.2, 0.25) is 0 Å². The first-order chi connectivity index (χ1) is 6.76. The van der Waals surface area contributed by atoms with Crippen molar-refractivity contribution >= 4 is 11.9 Å². The smallest absolute Gasteiger partial charge is 0.330 e. The van der Waals surface area contributed by atoms with Crippen LogP contribution in [-0.4, -0.2) is 17.0 Å². The minimum absolute atomic E-state index is 0.139. The van der Waals surface area contributed by atoms with Gasteiger partial charge in [0.1, 0.15) is 5.76 Å². The highest BCUT2D eigenvalue weighted by Gasteiger charge is 2.45. The maximum Gasteiger partial charge on any atom is 0.330 e. The molecule has 0 spiro atoms. The fraction of sp³-hybridized carbons (Fsp3) is 0.455. The number of ether oxygens (including phenoxy) is 1. The minimum atomic E-state index is -1.03. The lowest BCUT2D eigenvalue weighted by atomic mass is 9.79. The molecule has 1 unspecified atom stereocenters. The van der Waals surface area contributed by atoms with Crippen LogP contribution in [-0.2, 0) is 14.3 Å². The first-order valence-corrected chi connectivity index (χ1v) is 4.59. The molecule has 1 atom stereocenters. The lowest BCUT2D eigenvalue weighted by Crippen LogP contribution is -2.22. The molecule has 0 aromatic carbocycles. The number of allylic oxidation sites excluding steroid dienone is 1. The van der Waals surface area contributed by atoms with Crippen LogP contribution in [0.5, 0.6) is 0 Å². The van der Waals surface area contributed by atoms with E-state index >= 15 is 0 Å². The maximum atomic E-state index is 11.4. The second-order valence-corrected chi connectivity index (χ2v) is 4.20. The van der Waals surface area contributed by atoms with Crippen LogP contribution >= 0.6 is 0 Å². The number of carboxylic acid groups (broad SMARTS) is 1. The number of esters is 1. The van der Waals surface area contributed by atoms with Gasteiger partial charge in [0.15, 0.2) is 0 Å². The Bertz CT molecular complexity index is 363. The third-order valence-corrected chi connectivity index (χ3v) is 2.73. The molecule has 1 rings (SSSR count). The van der Waals surface area contributed by atoms with Crippen LogP contribution in [0.2, 0.25) is 0 Å². The monoisotopic (exact) mass is 210 g/mol. The Morgan fingerprint density at radius 2 is 2.13 bits per heavy atom. The van der Waals surface area contributed by atoms with Gasteiger partial charge in [0, 0.05) is 11.0 Å². The molecule has 0 bridgehead atoms. The average Bonchev–Trinajstić information content (AvgIpc) is 2.28. The summed E-state index contributed by atoms with van der Waals surface area (Å²) in [4.78, 5) is 22.1. The second kappa shape index (κ2) is 3.53. The molecule has 1 aliphatic heterocycles. The van der Waals surface area contributed by atoms with E-state index in [0.29, 0.717) is 5.76 Å². The van der Waals surface area contributed by atoms with E-state index in [1.807, 2.05) is 0 Å². The van der Waals surface area contributed by atoms with Gasteiger partial charge < -0.3 is 9.84 Å². The Morgan fingerprint density at radius 1 is 1.60 bits per heavy atom. The van der Waals surface area contributed by atoms with Crippen LogP contribution < -0.4 is 0 Å². The summed E-state index contributed by atoms with van der Waals surface area (Å²) in [5.41, 5.74) is -0.409. The molecule has 15 heavy (non-hydrogen) atoms. The summed E-state index contributed by atoms with van der Waals surface area (Å²) in [6.45, 7) is 8.70. The summed E-state index contributed by atoms with van der Waals surface area (Å²) >= 11 is 0. The van der Waals surface area contributed by atoms with E-state index in [0.717, 1.165) is 0 Å². The third-order valence-electron chi connectivity index (χ3n) is 2.73. The van der Waals surface area contributed by atoms with Crippen LogP contribution in [0.4, 0.5) is 0 Å². The highest BCUT2D eigenvalue weighted by Crippen LogP contribution is 2.43. The van der Waals surface area contributed by atoms with Gasteiger partial charge >= 0.3 is 11.9 Å². The summed E-state index contributed by atoms with van der Waals surface area (Å²) in [6.07, 6.45) is 1.42. The number of carboxylic acids is 1. The topological polar surface area (TPSA) is 63.6 Å². The van der Waals surface area contributed by atoms with E-state index in [-0.39, 0.29) is 5.57 Å². The van der Waals surface area contributed by atoms with Crippen LogP contribution in [0.1, 0.15) is 20.8 Å². The predicted octanol–water partition coefficient (Wildman–Crippen LogP) is 1.73. The van der Waals surface area contributed by atoms with Crippen LogP contribution in [0.25, 0.3) is 0 Å². The Kier molecular flexibility index (Phi) is 2.71. The molecule has 0 aromatic rings. The van der Waals surface area contributed by atoms with E-state index in [9.17, 15) is 9.59 Å². The first kappa shape index (κ1) is 11.5. The maximum absolute atomic E-state index is 11.4. The lowest BCUT2D eigenvalue weighted by Gasteiger charge is -2.20. The fourth-order valence-corrected chi connectivity index (χ4v) is 1.38. The molecule has 0 saturated carbocycles. The van der Waals surface area contributed by atoms with E-state index in [4.69, 9.17) is 9.84 Å². The van der Waals surface area contributed by atoms with E-state index in [2.05, 4.69) is 6.58 Å². The number of carbonyl (C=O) groups excluding carboxylic acids is 1. The van der Waals surface area contributed by atoms with E-state index in [1.165, 1.54) is 13.0 Å². The Balaban J connectivity index is 3.05. The summed E-state index contributed by atoms with van der Waals surface area (Å²) in [7, 11) is 0. The summed E-state index contributed by atoms with van der Waals surface area (Å²) in [6, 6.07) is 0. The Hall–Kier alpha value is -1.58. The van der Waals surface area contributed by atoms with E-state index in [1.54, 1.807) is 13.8 Å². The van der Waals surface area contributed by atoms with Gasteiger partial charge in [-0.25, -0.2) is 4.79 Å². The molecule has 82 valence electrons. The fourth-order valence-electron chi connectivity index (χ4n) is 1.38.